The monoisotopic (exact) mass is 493 g/mol. The predicted molar refractivity (Wildman–Crippen MR) is 77.6 cm³/mol. The van der Waals surface area contributed by atoms with Crippen molar-refractivity contribution in [3.8, 4) is 0 Å². The summed E-state index contributed by atoms with van der Waals surface area (Å²) in [6.07, 6.45) is 8.17. The van der Waals surface area contributed by atoms with Gasteiger partial charge in [0, 0.05) is 20.5 Å². The van der Waals surface area contributed by atoms with Crippen molar-refractivity contribution >= 4 is 11.9 Å². The van der Waals surface area contributed by atoms with Crippen molar-refractivity contribution in [1.29, 1.82) is 0 Å². The minimum absolute atomic E-state index is 0. The molecule has 2 aliphatic rings. The molecule has 2 rings (SSSR count). The molecule has 0 aliphatic carbocycles. The molecular formula is C13H22N4O4Pt. The van der Waals surface area contributed by atoms with E-state index in [1.807, 2.05) is 36.3 Å². The molecule has 0 amide bonds. The van der Waals surface area contributed by atoms with Crippen LogP contribution in [0.3, 0.4) is 0 Å². The second kappa shape index (κ2) is 11.9. The standard InChI is InChI=1S/C9H14N4.2C2H4O2.Pt/c1-10-3-5-12(7-10)9-13-6-4-11(2)8-13;2*1-2(3)4;/h3-8H,9H2,1-2H3;2*1H3,(H,3,4);/q-2;;;+2. The van der Waals surface area contributed by atoms with Crippen LogP contribution in [-0.4, -0.2) is 62.5 Å². The summed E-state index contributed by atoms with van der Waals surface area (Å²) in [5.41, 5.74) is 0. The van der Waals surface area contributed by atoms with Gasteiger partial charge in [0.1, 0.15) is 0 Å². The molecule has 2 N–H and O–H groups in total. The van der Waals surface area contributed by atoms with E-state index < -0.39 is 11.9 Å². The van der Waals surface area contributed by atoms with Gasteiger partial charge >= 0.3 is 21.1 Å². The Bertz CT molecular complexity index is 360. The first-order valence-electron chi connectivity index (χ1n) is 6.11. The number of aliphatic carboxylic acids is 2. The third kappa shape index (κ3) is 13.3. The van der Waals surface area contributed by atoms with Crippen LogP contribution in [0.1, 0.15) is 13.8 Å². The van der Waals surface area contributed by atoms with Crippen molar-refractivity contribution in [2.24, 2.45) is 0 Å². The molecule has 0 unspecified atom stereocenters. The van der Waals surface area contributed by atoms with E-state index in [0.29, 0.717) is 0 Å². The molecule has 0 saturated carbocycles. The number of carboxylic acid groups (broad SMARTS) is 2. The summed E-state index contributed by atoms with van der Waals surface area (Å²) < 4.78 is 0. The molecule has 0 bridgehead atoms. The number of carbonyl (C=O) groups is 2. The first-order valence-corrected chi connectivity index (χ1v) is 6.11. The molecule has 8 nitrogen and oxygen atoms in total. The van der Waals surface area contributed by atoms with E-state index in [2.05, 4.69) is 35.5 Å². The van der Waals surface area contributed by atoms with Crippen molar-refractivity contribution in [3.63, 3.8) is 0 Å². The molecule has 0 saturated heterocycles. The van der Waals surface area contributed by atoms with E-state index in [0.717, 1.165) is 20.5 Å². The number of carboxylic acids is 2. The molecule has 0 aromatic rings. The Morgan fingerprint density at radius 1 is 0.864 bits per heavy atom. The Morgan fingerprint density at radius 3 is 1.32 bits per heavy atom. The van der Waals surface area contributed by atoms with Gasteiger partial charge in [-0.25, -0.2) is 0 Å². The van der Waals surface area contributed by atoms with Crippen molar-refractivity contribution in [1.82, 2.24) is 19.6 Å². The first kappa shape index (κ1) is 22.6. The van der Waals surface area contributed by atoms with Crippen LogP contribution in [-0.2, 0) is 30.7 Å². The fourth-order valence-electron chi connectivity index (χ4n) is 1.36. The topological polar surface area (TPSA) is 87.6 Å². The number of hydrogen-bond donors (Lipinski definition) is 2. The van der Waals surface area contributed by atoms with Crippen LogP contribution in [0.25, 0.3) is 0 Å². The number of rotatable bonds is 2. The summed E-state index contributed by atoms with van der Waals surface area (Å²) in [4.78, 5) is 26.3. The maximum absolute atomic E-state index is 9.00. The molecule has 128 valence electrons. The largest absolute Gasteiger partial charge is 2.00 e. The third-order valence-electron chi connectivity index (χ3n) is 1.97. The van der Waals surface area contributed by atoms with Gasteiger partial charge < -0.3 is 29.8 Å². The second-order valence-corrected chi connectivity index (χ2v) is 4.37. The summed E-state index contributed by atoms with van der Waals surface area (Å²) in [6.45, 7) is 7.14. The molecule has 2 aliphatic heterocycles. The molecule has 0 radical (unpaired) electrons. The van der Waals surface area contributed by atoms with E-state index in [1.54, 1.807) is 0 Å². The molecule has 0 aromatic carbocycles. The van der Waals surface area contributed by atoms with Crippen LogP contribution in [0.5, 0.6) is 0 Å². The van der Waals surface area contributed by atoms with Crippen LogP contribution >= 0.6 is 0 Å². The summed E-state index contributed by atoms with van der Waals surface area (Å²) in [5, 5.41) is 14.8. The average Bonchev–Trinajstić information content (AvgIpc) is 2.87. The molecule has 9 heteroatoms. The van der Waals surface area contributed by atoms with E-state index in [4.69, 9.17) is 19.8 Å². The van der Waals surface area contributed by atoms with Crippen molar-refractivity contribution in [3.05, 3.63) is 38.1 Å². The van der Waals surface area contributed by atoms with Crippen LogP contribution < -0.4 is 0 Å². The van der Waals surface area contributed by atoms with Gasteiger partial charge in [-0.05, 0) is 38.9 Å². The maximum atomic E-state index is 9.00. The van der Waals surface area contributed by atoms with Crippen molar-refractivity contribution < 1.29 is 40.9 Å². The molecule has 0 fully saturated rings. The molecular weight excluding hydrogens is 471 g/mol. The van der Waals surface area contributed by atoms with Gasteiger partial charge in [-0.15, -0.1) is 0 Å². The predicted octanol–water partition coefficient (Wildman–Crippen LogP) is 0.799. The summed E-state index contributed by atoms with van der Waals surface area (Å²) in [6, 6.07) is 0. The number of hydrogen-bond acceptors (Lipinski definition) is 6. The normalized spacial score (nSPS) is 14.7. The quantitative estimate of drug-likeness (QED) is 0.547. The summed E-state index contributed by atoms with van der Waals surface area (Å²) in [7, 11) is 4.04. The van der Waals surface area contributed by atoms with Gasteiger partial charge in [0.25, 0.3) is 11.9 Å². The molecule has 0 atom stereocenters. The SMILES string of the molecule is CC(=O)O.CC(=O)O.CN1C=CN(CN2C=CN(C)[CH-]2)[CH-]1.[Pt+2]. The van der Waals surface area contributed by atoms with E-state index in [1.165, 1.54) is 0 Å². The summed E-state index contributed by atoms with van der Waals surface area (Å²) >= 11 is 0. The van der Waals surface area contributed by atoms with Crippen LogP contribution in [0.2, 0.25) is 0 Å². The van der Waals surface area contributed by atoms with Gasteiger partial charge in [0.15, 0.2) is 0 Å². The van der Waals surface area contributed by atoms with Crippen molar-refractivity contribution in [2.75, 3.05) is 20.8 Å². The van der Waals surface area contributed by atoms with Gasteiger partial charge in [0.2, 0.25) is 0 Å². The van der Waals surface area contributed by atoms with Crippen LogP contribution in [0, 0.1) is 13.3 Å². The van der Waals surface area contributed by atoms with E-state index in [9.17, 15) is 0 Å². The minimum Gasteiger partial charge on any atom is -0.511 e. The van der Waals surface area contributed by atoms with Gasteiger partial charge in [-0.1, -0.05) is 0 Å². The average molecular weight is 493 g/mol. The smallest absolute Gasteiger partial charge is 0.511 e. The van der Waals surface area contributed by atoms with Gasteiger partial charge in [-0.3, -0.25) is 9.59 Å². The Hall–Kier alpha value is -1.69. The second-order valence-electron chi connectivity index (χ2n) is 4.37. The molecule has 0 spiro atoms. The fourth-order valence-corrected chi connectivity index (χ4v) is 1.36. The van der Waals surface area contributed by atoms with Crippen LogP contribution in [0.4, 0.5) is 0 Å². The zero-order chi connectivity index (χ0) is 16.4. The fraction of sp³-hybridized carbons (Fsp3) is 0.385. The van der Waals surface area contributed by atoms with Gasteiger partial charge in [-0.2, -0.15) is 13.3 Å². The number of nitrogens with zero attached hydrogens (tertiary/aromatic N) is 4. The molecule has 2 heterocycles. The Labute approximate surface area is 145 Å². The minimum atomic E-state index is -0.833. The van der Waals surface area contributed by atoms with Crippen LogP contribution in [0.15, 0.2) is 24.8 Å². The first-order chi connectivity index (χ1) is 9.70. The zero-order valence-corrected chi connectivity index (χ0v) is 15.3. The maximum Gasteiger partial charge on any atom is 2.00 e. The molecule has 22 heavy (non-hydrogen) atoms. The van der Waals surface area contributed by atoms with E-state index >= 15 is 0 Å². The zero-order valence-electron chi connectivity index (χ0n) is 13.0. The Morgan fingerprint density at radius 2 is 1.14 bits per heavy atom. The summed E-state index contributed by atoms with van der Waals surface area (Å²) in [5.74, 6) is -1.67. The van der Waals surface area contributed by atoms with Crippen molar-refractivity contribution in [2.45, 2.75) is 13.8 Å². The van der Waals surface area contributed by atoms with Gasteiger partial charge in [0.05, 0.1) is 0 Å². The third-order valence-corrected chi connectivity index (χ3v) is 1.97. The van der Waals surface area contributed by atoms with E-state index in [-0.39, 0.29) is 21.1 Å². The Balaban J connectivity index is 0. The Kier molecular flexibility index (Phi) is 12.2. The molecule has 0 aromatic heterocycles.